The van der Waals surface area contributed by atoms with Crippen LogP contribution in [0.25, 0.3) is 0 Å². The molecule has 0 unspecified atom stereocenters. The van der Waals surface area contributed by atoms with E-state index in [0.29, 0.717) is 13.1 Å². The van der Waals surface area contributed by atoms with Crippen molar-refractivity contribution < 1.29 is 14.3 Å². The summed E-state index contributed by atoms with van der Waals surface area (Å²) in [5.74, 6) is -0.169. The second kappa shape index (κ2) is 9.88. The molecule has 3 amide bonds. The van der Waals surface area contributed by atoms with Gasteiger partial charge < -0.3 is 25.2 Å². The lowest BCUT2D eigenvalue weighted by Gasteiger charge is -2.36. The molecule has 1 aliphatic rings. The van der Waals surface area contributed by atoms with E-state index in [0.717, 1.165) is 43.9 Å². The van der Waals surface area contributed by atoms with E-state index in [9.17, 15) is 9.59 Å². The van der Waals surface area contributed by atoms with Crippen LogP contribution in [0.5, 0.6) is 0 Å². The molecule has 0 spiro atoms. The first-order chi connectivity index (χ1) is 12.1. The fraction of sp³-hybridized carbons (Fsp3) is 0.556. The fourth-order valence-corrected chi connectivity index (χ4v) is 2.74. The normalized spacial score (nSPS) is 14.3. The molecule has 0 aromatic heterocycles. The quantitative estimate of drug-likeness (QED) is 0.738. The molecule has 0 aliphatic carbocycles. The summed E-state index contributed by atoms with van der Waals surface area (Å²) in [5.41, 5.74) is 1.84. The van der Waals surface area contributed by atoms with Gasteiger partial charge in [0.2, 0.25) is 5.91 Å². The number of unbranched alkanes of at least 4 members (excludes halogenated alkanes) is 1. The van der Waals surface area contributed by atoms with Crippen molar-refractivity contribution in [3.05, 3.63) is 24.3 Å². The number of anilines is 2. The van der Waals surface area contributed by atoms with Gasteiger partial charge in [-0.05, 0) is 30.7 Å². The Kier molecular flexibility index (Phi) is 7.53. The molecule has 0 radical (unpaired) electrons. The molecule has 0 saturated carbocycles. The molecule has 2 N–H and O–H groups in total. The maximum absolute atomic E-state index is 12.1. The number of nitrogens with one attached hydrogen (secondary N) is 2. The van der Waals surface area contributed by atoms with Crippen molar-refractivity contribution in [3.63, 3.8) is 0 Å². The Hall–Kier alpha value is -2.28. The lowest BCUT2D eigenvalue weighted by molar-refractivity contribution is -0.119. The second-order valence-corrected chi connectivity index (χ2v) is 6.09. The zero-order chi connectivity index (χ0) is 18.1. The highest BCUT2D eigenvalue weighted by atomic mass is 16.5. The van der Waals surface area contributed by atoms with Crippen LogP contribution < -0.4 is 15.5 Å². The SMILES string of the molecule is CCCCNC(=O)N1CCN(c2ccc(NC(=O)COC)cc2)CC1. The second-order valence-electron chi connectivity index (χ2n) is 6.09. The largest absolute Gasteiger partial charge is 0.375 e. The van der Waals surface area contributed by atoms with E-state index in [1.54, 1.807) is 0 Å². The van der Waals surface area contributed by atoms with Gasteiger partial charge in [-0.3, -0.25) is 4.79 Å². The first kappa shape index (κ1) is 19.1. The van der Waals surface area contributed by atoms with Gasteiger partial charge in [0.25, 0.3) is 0 Å². The summed E-state index contributed by atoms with van der Waals surface area (Å²) in [6, 6.07) is 7.77. The molecule has 1 saturated heterocycles. The summed E-state index contributed by atoms with van der Waals surface area (Å²) in [5, 5.41) is 5.74. The van der Waals surface area contributed by atoms with Crippen molar-refractivity contribution >= 4 is 23.3 Å². The van der Waals surface area contributed by atoms with Crippen molar-refractivity contribution in [1.82, 2.24) is 10.2 Å². The molecule has 1 heterocycles. The monoisotopic (exact) mass is 348 g/mol. The first-order valence-electron chi connectivity index (χ1n) is 8.80. The van der Waals surface area contributed by atoms with Crippen molar-refractivity contribution in [2.24, 2.45) is 0 Å². The number of urea groups is 1. The number of methoxy groups -OCH3 is 1. The topological polar surface area (TPSA) is 73.9 Å². The Labute approximate surface area is 149 Å². The molecule has 2 rings (SSSR count). The summed E-state index contributed by atoms with van der Waals surface area (Å²) in [4.78, 5) is 27.7. The molecular weight excluding hydrogens is 320 g/mol. The fourth-order valence-electron chi connectivity index (χ4n) is 2.74. The summed E-state index contributed by atoms with van der Waals surface area (Å²) < 4.78 is 4.80. The maximum atomic E-state index is 12.1. The van der Waals surface area contributed by atoms with Crippen LogP contribution in [0.4, 0.5) is 16.2 Å². The van der Waals surface area contributed by atoms with Gasteiger partial charge in [-0.25, -0.2) is 4.79 Å². The van der Waals surface area contributed by atoms with Gasteiger partial charge in [-0.1, -0.05) is 13.3 Å². The van der Waals surface area contributed by atoms with Gasteiger partial charge in [-0.15, -0.1) is 0 Å². The van der Waals surface area contributed by atoms with Gasteiger partial charge in [0.05, 0.1) is 0 Å². The van der Waals surface area contributed by atoms with Crippen LogP contribution in [-0.2, 0) is 9.53 Å². The van der Waals surface area contributed by atoms with Gasteiger partial charge in [0.15, 0.2) is 0 Å². The zero-order valence-corrected chi connectivity index (χ0v) is 15.1. The molecule has 0 bridgehead atoms. The third kappa shape index (κ3) is 5.94. The van der Waals surface area contributed by atoms with Crippen molar-refractivity contribution in [3.8, 4) is 0 Å². The number of rotatable bonds is 7. The number of carbonyl (C=O) groups excluding carboxylic acids is 2. The Bertz CT molecular complexity index is 554. The van der Waals surface area contributed by atoms with Crippen LogP contribution in [0.3, 0.4) is 0 Å². The van der Waals surface area contributed by atoms with Crippen LogP contribution in [0.2, 0.25) is 0 Å². The average molecular weight is 348 g/mol. The highest BCUT2D eigenvalue weighted by molar-refractivity contribution is 5.91. The minimum absolute atomic E-state index is 0.0318. The molecule has 1 aromatic rings. The number of benzene rings is 1. The smallest absolute Gasteiger partial charge is 0.317 e. The third-order valence-corrected chi connectivity index (χ3v) is 4.17. The minimum Gasteiger partial charge on any atom is -0.375 e. The Balaban J connectivity index is 1.80. The summed E-state index contributed by atoms with van der Waals surface area (Å²) in [7, 11) is 1.49. The minimum atomic E-state index is -0.169. The number of hydrogen-bond acceptors (Lipinski definition) is 4. The van der Waals surface area contributed by atoms with Crippen LogP contribution in [-0.4, -0.2) is 63.3 Å². The van der Waals surface area contributed by atoms with Crippen LogP contribution in [0.15, 0.2) is 24.3 Å². The Morgan fingerprint density at radius 3 is 2.40 bits per heavy atom. The van der Waals surface area contributed by atoms with E-state index < -0.39 is 0 Å². The van der Waals surface area contributed by atoms with Crippen LogP contribution >= 0.6 is 0 Å². The molecule has 7 nitrogen and oxygen atoms in total. The highest BCUT2D eigenvalue weighted by Gasteiger charge is 2.20. The lowest BCUT2D eigenvalue weighted by atomic mass is 10.2. The number of hydrogen-bond donors (Lipinski definition) is 2. The lowest BCUT2D eigenvalue weighted by Crippen LogP contribution is -2.52. The zero-order valence-electron chi connectivity index (χ0n) is 15.1. The Morgan fingerprint density at radius 2 is 1.80 bits per heavy atom. The molecular formula is C18H28N4O3. The number of carbonyl (C=O) groups is 2. The number of amides is 3. The van der Waals surface area contributed by atoms with E-state index in [1.165, 1.54) is 7.11 Å². The number of ether oxygens (including phenoxy) is 1. The molecule has 0 atom stereocenters. The van der Waals surface area contributed by atoms with Crippen LogP contribution in [0.1, 0.15) is 19.8 Å². The summed E-state index contributed by atoms with van der Waals surface area (Å²) in [6.45, 7) is 5.93. The van der Waals surface area contributed by atoms with Crippen molar-refractivity contribution in [1.29, 1.82) is 0 Å². The summed E-state index contributed by atoms with van der Waals surface area (Å²) in [6.07, 6.45) is 2.09. The van der Waals surface area contributed by atoms with Gasteiger partial charge in [0, 0.05) is 51.2 Å². The van der Waals surface area contributed by atoms with E-state index in [-0.39, 0.29) is 18.5 Å². The first-order valence-corrected chi connectivity index (χ1v) is 8.80. The molecule has 7 heteroatoms. The average Bonchev–Trinajstić information content (AvgIpc) is 2.63. The van der Waals surface area contributed by atoms with Gasteiger partial charge in [-0.2, -0.15) is 0 Å². The summed E-state index contributed by atoms with van der Waals surface area (Å²) >= 11 is 0. The van der Waals surface area contributed by atoms with Crippen molar-refractivity contribution in [2.75, 3.05) is 56.7 Å². The number of nitrogens with zero attached hydrogens (tertiary/aromatic N) is 2. The highest BCUT2D eigenvalue weighted by Crippen LogP contribution is 2.19. The van der Waals surface area contributed by atoms with E-state index in [4.69, 9.17) is 4.74 Å². The third-order valence-electron chi connectivity index (χ3n) is 4.17. The Morgan fingerprint density at radius 1 is 1.12 bits per heavy atom. The molecule has 25 heavy (non-hydrogen) atoms. The number of piperazine rings is 1. The van der Waals surface area contributed by atoms with E-state index in [2.05, 4.69) is 22.5 Å². The predicted molar refractivity (Wildman–Crippen MR) is 99.0 cm³/mol. The van der Waals surface area contributed by atoms with E-state index >= 15 is 0 Å². The van der Waals surface area contributed by atoms with Crippen molar-refractivity contribution in [2.45, 2.75) is 19.8 Å². The molecule has 1 fully saturated rings. The molecule has 1 aliphatic heterocycles. The van der Waals surface area contributed by atoms with Gasteiger partial charge in [0.1, 0.15) is 6.61 Å². The molecule has 138 valence electrons. The van der Waals surface area contributed by atoms with Crippen LogP contribution in [0, 0.1) is 0 Å². The molecule has 1 aromatic carbocycles. The standard InChI is InChI=1S/C18H28N4O3/c1-3-4-9-19-18(24)22-12-10-21(11-13-22)16-7-5-15(6-8-16)20-17(23)14-25-2/h5-8H,3-4,9-14H2,1-2H3,(H,19,24)(H,20,23). The van der Waals surface area contributed by atoms with E-state index in [1.807, 2.05) is 29.2 Å². The predicted octanol–water partition coefficient (Wildman–Crippen LogP) is 1.90. The van der Waals surface area contributed by atoms with Gasteiger partial charge >= 0.3 is 6.03 Å². The maximum Gasteiger partial charge on any atom is 0.317 e.